The molecule has 2 aromatic rings. The van der Waals surface area contributed by atoms with E-state index in [1.54, 1.807) is 10.8 Å². The van der Waals surface area contributed by atoms with Crippen LogP contribution in [0.15, 0.2) is 18.5 Å². The molecule has 1 aliphatic carbocycles. The molecule has 0 spiro atoms. The number of aliphatic hydroxyl groups is 1. The molecule has 0 bridgehead atoms. The van der Waals surface area contributed by atoms with Gasteiger partial charge < -0.3 is 10.4 Å². The van der Waals surface area contributed by atoms with E-state index < -0.39 is 5.60 Å². The Morgan fingerprint density at radius 2 is 2.00 bits per heavy atom. The zero-order valence-corrected chi connectivity index (χ0v) is 12.0. The number of fused-ring (bicyclic) bond motifs is 1. The molecule has 0 saturated heterocycles. The van der Waals surface area contributed by atoms with E-state index >= 15 is 0 Å². The standard InChI is InChI=1S/C15H22N4O/c1-12-8-13(19-14(9-12)17-11-18-19)16-10-15(20)6-4-2-3-5-7-15/h8-9,11,16,20H,2-7,10H2,1H3. The van der Waals surface area contributed by atoms with E-state index in [1.165, 1.54) is 12.8 Å². The number of pyridine rings is 1. The molecule has 5 heteroatoms. The van der Waals surface area contributed by atoms with Crippen molar-refractivity contribution < 1.29 is 5.11 Å². The first-order valence-electron chi connectivity index (χ1n) is 7.43. The van der Waals surface area contributed by atoms with Crippen LogP contribution in [-0.4, -0.2) is 31.9 Å². The minimum absolute atomic E-state index is 0.575. The third-order valence-corrected chi connectivity index (χ3v) is 4.16. The average Bonchev–Trinajstić information content (AvgIpc) is 2.78. The molecule has 108 valence electrons. The highest BCUT2D eigenvalue weighted by Gasteiger charge is 2.27. The maximum absolute atomic E-state index is 10.7. The molecule has 0 unspecified atom stereocenters. The van der Waals surface area contributed by atoms with Crippen molar-refractivity contribution in [3.8, 4) is 0 Å². The van der Waals surface area contributed by atoms with Gasteiger partial charge in [-0.3, -0.25) is 0 Å². The third kappa shape index (κ3) is 2.77. The van der Waals surface area contributed by atoms with Gasteiger partial charge in [0.2, 0.25) is 0 Å². The second kappa shape index (κ2) is 5.40. The Morgan fingerprint density at radius 1 is 1.25 bits per heavy atom. The van der Waals surface area contributed by atoms with Crippen molar-refractivity contribution in [3.63, 3.8) is 0 Å². The van der Waals surface area contributed by atoms with E-state index in [1.807, 2.05) is 19.1 Å². The topological polar surface area (TPSA) is 62.5 Å². The summed E-state index contributed by atoms with van der Waals surface area (Å²) in [5, 5.41) is 18.3. The average molecular weight is 274 g/mol. The molecule has 20 heavy (non-hydrogen) atoms. The number of hydrogen-bond donors (Lipinski definition) is 2. The third-order valence-electron chi connectivity index (χ3n) is 4.16. The Morgan fingerprint density at radius 3 is 2.75 bits per heavy atom. The van der Waals surface area contributed by atoms with E-state index in [9.17, 15) is 5.11 Å². The van der Waals surface area contributed by atoms with Crippen LogP contribution < -0.4 is 5.32 Å². The van der Waals surface area contributed by atoms with Crippen molar-refractivity contribution in [1.82, 2.24) is 14.6 Å². The van der Waals surface area contributed by atoms with Gasteiger partial charge in [0.25, 0.3) is 0 Å². The fourth-order valence-electron chi connectivity index (χ4n) is 3.00. The summed E-state index contributed by atoms with van der Waals surface area (Å²) in [5.41, 5.74) is 1.38. The van der Waals surface area contributed by atoms with Crippen LogP contribution in [0, 0.1) is 6.92 Å². The van der Waals surface area contributed by atoms with Gasteiger partial charge in [-0.1, -0.05) is 25.7 Å². The Bertz CT molecular complexity index is 585. The van der Waals surface area contributed by atoms with Gasteiger partial charge in [-0.05, 0) is 37.5 Å². The highest BCUT2D eigenvalue weighted by molar-refractivity contribution is 5.51. The lowest BCUT2D eigenvalue weighted by atomic mass is 9.94. The van der Waals surface area contributed by atoms with Crippen molar-refractivity contribution in [1.29, 1.82) is 0 Å². The molecule has 1 aliphatic rings. The van der Waals surface area contributed by atoms with Gasteiger partial charge in [-0.25, -0.2) is 4.98 Å². The highest BCUT2D eigenvalue weighted by Crippen LogP contribution is 2.27. The minimum atomic E-state index is -0.590. The molecule has 5 nitrogen and oxygen atoms in total. The number of nitrogens with zero attached hydrogens (tertiary/aromatic N) is 3. The fraction of sp³-hybridized carbons (Fsp3) is 0.600. The second-order valence-corrected chi connectivity index (χ2v) is 5.94. The lowest BCUT2D eigenvalue weighted by Crippen LogP contribution is -2.36. The first-order valence-corrected chi connectivity index (χ1v) is 7.43. The monoisotopic (exact) mass is 274 g/mol. The lowest BCUT2D eigenvalue weighted by molar-refractivity contribution is 0.0380. The van der Waals surface area contributed by atoms with Crippen LogP contribution in [0.25, 0.3) is 5.65 Å². The van der Waals surface area contributed by atoms with Gasteiger partial charge in [0.05, 0.1) is 5.60 Å². The van der Waals surface area contributed by atoms with Gasteiger partial charge in [0.1, 0.15) is 12.1 Å². The number of aryl methyl sites for hydroxylation is 1. The number of aromatic nitrogens is 3. The summed E-state index contributed by atoms with van der Waals surface area (Å²) in [4.78, 5) is 4.22. The largest absolute Gasteiger partial charge is 0.388 e. The maximum Gasteiger partial charge on any atom is 0.157 e. The molecule has 1 saturated carbocycles. The van der Waals surface area contributed by atoms with Crippen molar-refractivity contribution in [2.45, 2.75) is 51.0 Å². The van der Waals surface area contributed by atoms with Crippen molar-refractivity contribution >= 4 is 11.5 Å². The van der Waals surface area contributed by atoms with E-state index in [2.05, 4.69) is 15.4 Å². The summed E-state index contributed by atoms with van der Waals surface area (Å²) in [6.45, 7) is 2.62. The zero-order chi connectivity index (χ0) is 14.0. The SMILES string of the molecule is Cc1cc(NCC2(O)CCCCCC2)n2ncnc2c1. The van der Waals surface area contributed by atoms with E-state index in [4.69, 9.17) is 0 Å². The minimum Gasteiger partial charge on any atom is -0.388 e. The van der Waals surface area contributed by atoms with E-state index in [0.717, 1.165) is 42.7 Å². The summed E-state index contributed by atoms with van der Waals surface area (Å²) in [6, 6.07) is 4.04. The summed E-state index contributed by atoms with van der Waals surface area (Å²) >= 11 is 0. The van der Waals surface area contributed by atoms with Crippen LogP contribution in [0.3, 0.4) is 0 Å². The quantitative estimate of drug-likeness (QED) is 0.844. The Kier molecular flexibility index (Phi) is 3.61. The predicted molar refractivity (Wildman–Crippen MR) is 78.9 cm³/mol. The summed E-state index contributed by atoms with van der Waals surface area (Å²) < 4.78 is 1.78. The maximum atomic E-state index is 10.7. The van der Waals surface area contributed by atoms with Gasteiger partial charge >= 0.3 is 0 Å². The van der Waals surface area contributed by atoms with Crippen LogP contribution >= 0.6 is 0 Å². The van der Waals surface area contributed by atoms with E-state index in [-0.39, 0.29) is 0 Å². The van der Waals surface area contributed by atoms with Crippen molar-refractivity contribution in [2.75, 3.05) is 11.9 Å². The normalized spacial score (nSPS) is 18.9. The Labute approximate surface area is 119 Å². The molecule has 2 heterocycles. The second-order valence-electron chi connectivity index (χ2n) is 5.94. The molecule has 2 aromatic heterocycles. The highest BCUT2D eigenvalue weighted by atomic mass is 16.3. The molecule has 2 N–H and O–H groups in total. The molecule has 0 aromatic carbocycles. The van der Waals surface area contributed by atoms with Gasteiger partial charge in [0.15, 0.2) is 5.65 Å². The van der Waals surface area contributed by atoms with Gasteiger partial charge in [-0.2, -0.15) is 9.61 Å². The van der Waals surface area contributed by atoms with Crippen LogP contribution in [0.1, 0.15) is 44.1 Å². The van der Waals surface area contributed by atoms with Crippen LogP contribution in [0.4, 0.5) is 5.82 Å². The Hall–Kier alpha value is -1.62. The molecule has 0 radical (unpaired) electrons. The summed E-state index contributed by atoms with van der Waals surface area (Å²) in [7, 11) is 0. The van der Waals surface area contributed by atoms with E-state index in [0.29, 0.717) is 6.54 Å². The molecule has 3 rings (SSSR count). The first kappa shape index (κ1) is 13.4. The summed E-state index contributed by atoms with van der Waals surface area (Å²) in [5.74, 6) is 0.898. The van der Waals surface area contributed by atoms with Crippen LogP contribution in [0.2, 0.25) is 0 Å². The predicted octanol–water partition coefficient (Wildman–Crippen LogP) is 2.53. The molecule has 0 aliphatic heterocycles. The Balaban J connectivity index is 1.77. The number of rotatable bonds is 3. The zero-order valence-electron chi connectivity index (χ0n) is 12.0. The molecular weight excluding hydrogens is 252 g/mol. The molecular formula is C15H22N4O. The lowest BCUT2D eigenvalue weighted by Gasteiger charge is -2.27. The fourth-order valence-corrected chi connectivity index (χ4v) is 3.00. The van der Waals surface area contributed by atoms with Crippen molar-refractivity contribution in [2.24, 2.45) is 0 Å². The van der Waals surface area contributed by atoms with Crippen molar-refractivity contribution in [3.05, 3.63) is 24.0 Å². The molecule has 0 amide bonds. The summed E-state index contributed by atoms with van der Waals surface area (Å²) in [6.07, 6.45) is 8.02. The van der Waals surface area contributed by atoms with Gasteiger partial charge in [0, 0.05) is 6.54 Å². The molecule has 0 atom stereocenters. The first-order chi connectivity index (χ1) is 9.66. The van der Waals surface area contributed by atoms with Crippen LogP contribution in [-0.2, 0) is 0 Å². The van der Waals surface area contributed by atoms with Gasteiger partial charge in [-0.15, -0.1) is 0 Å². The number of anilines is 1. The van der Waals surface area contributed by atoms with Crippen LogP contribution in [0.5, 0.6) is 0 Å². The smallest absolute Gasteiger partial charge is 0.157 e. The number of hydrogen-bond acceptors (Lipinski definition) is 4. The number of nitrogens with one attached hydrogen (secondary N) is 1. The molecule has 1 fully saturated rings.